The third-order valence-electron chi connectivity index (χ3n) is 4.33. The van der Waals surface area contributed by atoms with Crippen LogP contribution in [-0.4, -0.2) is 0 Å². The minimum Gasteiger partial charge on any atom is -0.0667 e. The summed E-state index contributed by atoms with van der Waals surface area (Å²) in [5.74, 6) is 1.70. The molecule has 0 aromatic carbocycles. The molecule has 0 aromatic rings. The molecule has 13 heavy (non-hydrogen) atoms. The van der Waals surface area contributed by atoms with Crippen molar-refractivity contribution in [2.45, 2.75) is 47.0 Å². The Bertz CT molecular complexity index is 291. The van der Waals surface area contributed by atoms with Crippen molar-refractivity contribution in [3.63, 3.8) is 0 Å². The lowest BCUT2D eigenvalue weighted by molar-refractivity contribution is 0.460. The highest BCUT2D eigenvalue weighted by molar-refractivity contribution is 5.43. The number of hydrogen-bond acceptors (Lipinski definition) is 0. The van der Waals surface area contributed by atoms with Crippen molar-refractivity contribution < 1.29 is 0 Å². The summed E-state index contributed by atoms with van der Waals surface area (Å²) in [7, 11) is 0. The maximum Gasteiger partial charge on any atom is -0.0134 e. The minimum absolute atomic E-state index is 0.807. The van der Waals surface area contributed by atoms with Crippen molar-refractivity contribution >= 4 is 0 Å². The van der Waals surface area contributed by atoms with Gasteiger partial charge in [-0.25, -0.2) is 0 Å². The lowest BCUT2D eigenvalue weighted by Gasteiger charge is -2.30. The zero-order valence-corrected chi connectivity index (χ0v) is 9.28. The van der Waals surface area contributed by atoms with Gasteiger partial charge in [-0.3, -0.25) is 0 Å². The number of fused-ring (bicyclic) bond motifs is 1. The third kappa shape index (κ3) is 1.19. The molecule has 72 valence electrons. The molecular formula is C13H20. The normalized spacial score (nSPS) is 34.2. The van der Waals surface area contributed by atoms with Crippen LogP contribution in [0.4, 0.5) is 0 Å². The van der Waals surface area contributed by atoms with Crippen molar-refractivity contribution in [2.24, 2.45) is 11.8 Å². The summed E-state index contributed by atoms with van der Waals surface area (Å²) < 4.78 is 0. The maximum atomic E-state index is 2.40. The molecular weight excluding hydrogens is 156 g/mol. The summed E-state index contributed by atoms with van der Waals surface area (Å²) in [4.78, 5) is 0. The van der Waals surface area contributed by atoms with E-state index in [0.717, 1.165) is 11.8 Å². The van der Waals surface area contributed by atoms with E-state index in [2.05, 4.69) is 27.7 Å². The molecule has 0 aliphatic heterocycles. The highest BCUT2D eigenvalue weighted by Gasteiger charge is 2.32. The van der Waals surface area contributed by atoms with Crippen LogP contribution in [0.1, 0.15) is 47.0 Å². The largest absolute Gasteiger partial charge is 0.0667 e. The molecule has 2 atom stereocenters. The predicted octanol–water partition coefficient (Wildman–Crippen LogP) is 4.09. The van der Waals surface area contributed by atoms with E-state index in [9.17, 15) is 0 Å². The van der Waals surface area contributed by atoms with Gasteiger partial charge in [0.25, 0.3) is 0 Å². The lowest BCUT2D eigenvalue weighted by atomic mass is 9.75. The van der Waals surface area contributed by atoms with Gasteiger partial charge < -0.3 is 0 Å². The van der Waals surface area contributed by atoms with Crippen LogP contribution in [0, 0.1) is 11.8 Å². The van der Waals surface area contributed by atoms with E-state index in [1.165, 1.54) is 19.3 Å². The average Bonchev–Trinajstić information content (AvgIpc) is 2.59. The molecule has 2 aliphatic rings. The highest BCUT2D eigenvalue weighted by atomic mass is 14.4. The van der Waals surface area contributed by atoms with E-state index < -0.39 is 0 Å². The van der Waals surface area contributed by atoms with Crippen LogP contribution >= 0.6 is 0 Å². The molecule has 0 bridgehead atoms. The first-order valence-corrected chi connectivity index (χ1v) is 5.50. The molecule has 0 amide bonds. The molecule has 0 N–H and O–H groups in total. The highest BCUT2D eigenvalue weighted by Crippen LogP contribution is 2.46. The summed E-state index contributed by atoms with van der Waals surface area (Å²) in [5.41, 5.74) is 6.59. The second-order valence-corrected chi connectivity index (χ2v) is 4.75. The molecule has 0 radical (unpaired) electrons. The van der Waals surface area contributed by atoms with Gasteiger partial charge in [0, 0.05) is 0 Å². The van der Waals surface area contributed by atoms with Gasteiger partial charge in [-0.15, -0.1) is 0 Å². The first-order valence-electron chi connectivity index (χ1n) is 5.50. The summed E-state index contributed by atoms with van der Waals surface area (Å²) in [5, 5.41) is 0. The summed E-state index contributed by atoms with van der Waals surface area (Å²) in [6, 6.07) is 0. The Kier molecular flexibility index (Phi) is 2.09. The quantitative estimate of drug-likeness (QED) is 0.521. The second-order valence-electron chi connectivity index (χ2n) is 4.75. The maximum absolute atomic E-state index is 2.40. The van der Waals surface area contributed by atoms with E-state index in [1.54, 1.807) is 22.3 Å². The van der Waals surface area contributed by atoms with Gasteiger partial charge in [-0.1, -0.05) is 18.1 Å². The van der Waals surface area contributed by atoms with Gasteiger partial charge in [0.1, 0.15) is 0 Å². The van der Waals surface area contributed by atoms with Gasteiger partial charge in [0.15, 0.2) is 0 Å². The first kappa shape index (κ1) is 9.05. The van der Waals surface area contributed by atoms with Crippen LogP contribution in [0.2, 0.25) is 0 Å². The zero-order valence-electron chi connectivity index (χ0n) is 9.28. The molecule has 2 rings (SSSR count). The molecule has 1 saturated carbocycles. The van der Waals surface area contributed by atoms with Crippen molar-refractivity contribution in [1.82, 2.24) is 0 Å². The molecule has 1 fully saturated rings. The van der Waals surface area contributed by atoms with Crippen molar-refractivity contribution in [3.8, 4) is 0 Å². The average molecular weight is 176 g/mol. The fourth-order valence-corrected chi connectivity index (χ4v) is 3.07. The monoisotopic (exact) mass is 176 g/mol. The molecule has 0 heterocycles. The van der Waals surface area contributed by atoms with Gasteiger partial charge in [0.05, 0.1) is 0 Å². The van der Waals surface area contributed by atoms with E-state index in [1.807, 2.05) is 0 Å². The predicted molar refractivity (Wildman–Crippen MR) is 57.6 cm³/mol. The van der Waals surface area contributed by atoms with E-state index in [4.69, 9.17) is 0 Å². The number of hydrogen-bond donors (Lipinski definition) is 0. The van der Waals surface area contributed by atoms with E-state index in [-0.39, 0.29) is 0 Å². The lowest BCUT2D eigenvalue weighted by Crippen LogP contribution is -2.18. The standard InChI is InChI=1S/C13H20/c1-8-9(2)11(4)13-7-5-6-12(13)10(8)3/h10,12H,5-7H2,1-4H3. The molecule has 0 spiro atoms. The van der Waals surface area contributed by atoms with Crippen LogP contribution in [0.15, 0.2) is 22.3 Å². The van der Waals surface area contributed by atoms with Crippen LogP contribution < -0.4 is 0 Å². The topological polar surface area (TPSA) is 0 Å². The Morgan fingerprint density at radius 3 is 2.46 bits per heavy atom. The summed E-state index contributed by atoms with van der Waals surface area (Å²) in [6.07, 6.45) is 4.21. The van der Waals surface area contributed by atoms with Crippen molar-refractivity contribution in [2.75, 3.05) is 0 Å². The Morgan fingerprint density at radius 2 is 1.77 bits per heavy atom. The Labute approximate surface area is 81.7 Å². The van der Waals surface area contributed by atoms with Crippen LogP contribution in [0.25, 0.3) is 0 Å². The Morgan fingerprint density at radius 1 is 1.08 bits per heavy atom. The summed E-state index contributed by atoms with van der Waals surface area (Å²) >= 11 is 0. The van der Waals surface area contributed by atoms with Gasteiger partial charge >= 0.3 is 0 Å². The zero-order chi connectivity index (χ0) is 9.59. The SMILES string of the molecule is CC1=C(C)C(C)C2CCCC2=C1C. The van der Waals surface area contributed by atoms with Crippen LogP contribution in [-0.2, 0) is 0 Å². The Hall–Kier alpha value is -0.520. The molecule has 2 unspecified atom stereocenters. The first-order chi connectivity index (χ1) is 6.13. The molecule has 0 nitrogen and oxygen atoms in total. The molecule has 0 heteroatoms. The van der Waals surface area contributed by atoms with Gasteiger partial charge in [-0.2, -0.15) is 0 Å². The fourth-order valence-electron chi connectivity index (χ4n) is 3.07. The second kappa shape index (κ2) is 3.01. The van der Waals surface area contributed by atoms with Crippen LogP contribution in [0.5, 0.6) is 0 Å². The fraction of sp³-hybridized carbons (Fsp3) is 0.692. The van der Waals surface area contributed by atoms with E-state index in [0.29, 0.717) is 0 Å². The van der Waals surface area contributed by atoms with Gasteiger partial charge in [-0.05, 0) is 63.0 Å². The van der Waals surface area contributed by atoms with Crippen molar-refractivity contribution in [1.29, 1.82) is 0 Å². The van der Waals surface area contributed by atoms with Gasteiger partial charge in [0.2, 0.25) is 0 Å². The smallest absolute Gasteiger partial charge is 0.0134 e. The van der Waals surface area contributed by atoms with E-state index >= 15 is 0 Å². The molecule has 0 saturated heterocycles. The number of rotatable bonds is 0. The summed E-state index contributed by atoms with van der Waals surface area (Å²) in [6.45, 7) is 9.33. The Balaban J connectivity index is 2.47. The molecule has 0 aromatic heterocycles. The molecule has 2 aliphatic carbocycles. The van der Waals surface area contributed by atoms with Crippen molar-refractivity contribution in [3.05, 3.63) is 22.3 Å². The van der Waals surface area contributed by atoms with Crippen LogP contribution in [0.3, 0.4) is 0 Å². The minimum atomic E-state index is 0.807. The third-order valence-corrected chi connectivity index (χ3v) is 4.33. The number of allylic oxidation sites excluding steroid dienone is 4.